The van der Waals surface area contributed by atoms with Gasteiger partial charge in [0.25, 0.3) is 0 Å². The van der Waals surface area contributed by atoms with E-state index in [0.29, 0.717) is 17.4 Å². The third-order valence-electron chi connectivity index (χ3n) is 6.15. The molecule has 23 heavy (non-hydrogen) atoms. The second-order valence-electron chi connectivity index (χ2n) is 7.23. The number of hydrogen-bond donors (Lipinski definition) is 0. The molecule has 2 amide bonds. The summed E-state index contributed by atoms with van der Waals surface area (Å²) < 4.78 is 0. The summed E-state index contributed by atoms with van der Waals surface area (Å²) in [6.45, 7) is 0.287. The summed E-state index contributed by atoms with van der Waals surface area (Å²) in [6.07, 6.45) is 5.55. The maximum Gasteiger partial charge on any atom is 0.234 e. The number of nitrogens with zero attached hydrogens (tertiary/aromatic N) is 2. The lowest BCUT2D eigenvalue weighted by Crippen LogP contribution is -2.40. The Balaban J connectivity index is 1.46. The molecule has 2 saturated carbocycles. The van der Waals surface area contributed by atoms with Gasteiger partial charge in [-0.05, 0) is 47.8 Å². The quantitative estimate of drug-likeness (QED) is 0.621. The zero-order valence-electron chi connectivity index (χ0n) is 12.6. The van der Waals surface area contributed by atoms with E-state index in [1.165, 1.54) is 11.3 Å². The lowest BCUT2D eigenvalue weighted by atomic mass is 9.63. The van der Waals surface area contributed by atoms with E-state index in [9.17, 15) is 9.59 Å². The van der Waals surface area contributed by atoms with Crippen LogP contribution in [0.4, 0.5) is 0 Å². The van der Waals surface area contributed by atoms with Gasteiger partial charge in [-0.15, -0.1) is 0 Å². The number of carbonyl (C=O) groups is 2. The molecule has 1 heterocycles. The summed E-state index contributed by atoms with van der Waals surface area (Å²) in [4.78, 5) is 27.2. The number of allylic oxidation sites excluding steroid dienone is 2. The van der Waals surface area contributed by atoms with Gasteiger partial charge in [-0.3, -0.25) is 14.5 Å². The number of imide groups is 1. The SMILES string of the molecule is N#Cc1cccc(CN2C(=O)[C@@H]3[C@H]4C=C[C@@H]([C@@H]5C[C@@H]45)[C@@H]3C2=O)c1. The minimum Gasteiger partial charge on any atom is -0.278 e. The smallest absolute Gasteiger partial charge is 0.234 e. The van der Waals surface area contributed by atoms with E-state index in [1.54, 1.807) is 18.2 Å². The predicted octanol–water partition coefficient (Wildman–Crippen LogP) is 2.11. The Bertz CT molecular complexity index is 770. The van der Waals surface area contributed by atoms with Crippen molar-refractivity contribution in [1.29, 1.82) is 5.26 Å². The summed E-state index contributed by atoms with van der Waals surface area (Å²) >= 11 is 0. The van der Waals surface area contributed by atoms with Crippen molar-refractivity contribution in [3.05, 3.63) is 47.5 Å². The van der Waals surface area contributed by atoms with Crippen molar-refractivity contribution >= 4 is 11.8 Å². The van der Waals surface area contributed by atoms with Crippen LogP contribution in [0.3, 0.4) is 0 Å². The predicted molar refractivity (Wildman–Crippen MR) is 81.4 cm³/mol. The topological polar surface area (TPSA) is 61.2 Å². The normalized spacial score (nSPS) is 39.2. The minimum absolute atomic E-state index is 0.00735. The lowest BCUT2D eigenvalue weighted by Gasteiger charge is -2.37. The van der Waals surface area contributed by atoms with E-state index in [0.717, 1.165) is 5.56 Å². The van der Waals surface area contributed by atoms with E-state index in [4.69, 9.17) is 5.26 Å². The monoisotopic (exact) mass is 304 g/mol. The minimum atomic E-state index is -0.139. The molecular formula is C19H16N2O2. The number of likely N-dealkylation sites (tertiary alicyclic amines) is 1. The van der Waals surface area contributed by atoms with Crippen LogP contribution in [0.5, 0.6) is 0 Å². The van der Waals surface area contributed by atoms with Crippen LogP contribution in [0.25, 0.3) is 0 Å². The molecular weight excluding hydrogens is 288 g/mol. The van der Waals surface area contributed by atoms with Crippen molar-refractivity contribution < 1.29 is 9.59 Å². The molecule has 114 valence electrons. The van der Waals surface area contributed by atoms with Crippen LogP contribution in [-0.4, -0.2) is 16.7 Å². The Labute approximate surface area is 134 Å². The number of carbonyl (C=O) groups excluding carboxylic acids is 2. The molecule has 4 heteroatoms. The van der Waals surface area contributed by atoms with Crippen molar-refractivity contribution in [2.24, 2.45) is 35.5 Å². The van der Waals surface area contributed by atoms with Gasteiger partial charge in [-0.25, -0.2) is 0 Å². The molecule has 1 aromatic rings. The molecule has 0 radical (unpaired) electrons. The van der Waals surface area contributed by atoms with Crippen LogP contribution in [0.15, 0.2) is 36.4 Å². The van der Waals surface area contributed by atoms with Gasteiger partial charge in [0.05, 0.1) is 30.0 Å². The van der Waals surface area contributed by atoms with Gasteiger partial charge in [-0.1, -0.05) is 24.3 Å². The van der Waals surface area contributed by atoms with Crippen LogP contribution in [0.1, 0.15) is 17.5 Å². The van der Waals surface area contributed by atoms with Gasteiger partial charge in [0.1, 0.15) is 0 Å². The van der Waals surface area contributed by atoms with E-state index in [2.05, 4.69) is 18.2 Å². The van der Waals surface area contributed by atoms with E-state index in [-0.39, 0.29) is 42.0 Å². The van der Waals surface area contributed by atoms with E-state index < -0.39 is 0 Å². The average molecular weight is 304 g/mol. The van der Waals surface area contributed by atoms with Gasteiger partial charge in [0.2, 0.25) is 11.8 Å². The molecule has 1 aromatic carbocycles. The number of nitriles is 1. The molecule has 6 rings (SSSR count). The van der Waals surface area contributed by atoms with Crippen LogP contribution in [0.2, 0.25) is 0 Å². The highest BCUT2D eigenvalue weighted by Crippen LogP contribution is 2.65. The van der Waals surface area contributed by atoms with E-state index in [1.807, 2.05) is 6.07 Å². The number of amides is 2. The van der Waals surface area contributed by atoms with Gasteiger partial charge in [-0.2, -0.15) is 5.26 Å². The summed E-state index contributed by atoms with van der Waals surface area (Å²) in [5.74, 6) is 1.50. The van der Waals surface area contributed by atoms with Crippen LogP contribution in [0, 0.1) is 46.8 Å². The molecule has 1 aliphatic heterocycles. The zero-order valence-corrected chi connectivity index (χ0v) is 12.6. The van der Waals surface area contributed by atoms with Crippen molar-refractivity contribution in [2.45, 2.75) is 13.0 Å². The molecule has 3 fully saturated rings. The van der Waals surface area contributed by atoms with Crippen molar-refractivity contribution in [3.63, 3.8) is 0 Å². The second kappa shape index (κ2) is 4.32. The standard InChI is InChI=1S/C19H16N2O2/c20-8-10-2-1-3-11(6-10)9-21-18(22)16-12-4-5-13(15-7-14(12)15)17(16)19(21)23/h1-6,12-17H,7,9H2/t12-,13-,14-,15-,16-,17+/m0/s1. The van der Waals surface area contributed by atoms with Gasteiger partial charge >= 0.3 is 0 Å². The Morgan fingerprint density at radius 2 is 1.74 bits per heavy atom. The number of rotatable bonds is 2. The Kier molecular flexibility index (Phi) is 2.45. The van der Waals surface area contributed by atoms with E-state index >= 15 is 0 Å². The zero-order chi connectivity index (χ0) is 15.7. The van der Waals surface area contributed by atoms with Crippen LogP contribution >= 0.6 is 0 Å². The molecule has 4 nitrogen and oxygen atoms in total. The number of benzene rings is 1. The first kappa shape index (κ1) is 13.1. The fourth-order valence-corrected chi connectivity index (χ4v) is 5.10. The highest BCUT2D eigenvalue weighted by molar-refractivity contribution is 6.06. The molecule has 5 aliphatic rings. The molecule has 0 spiro atoms. The van der Waals surface area contributed by atoms with Gasteiger partial charge < -0.3 is 0 Å². The first-order chi connectivity index (χ1) is 11.2. The Morgan fingerprint density at radius 3 is 2.35 bits per heavy atom. The molecule has 1 saturated heterocycles. The molecule has 0 unspecified atom stereocenters. The Morgan fingerprint density at radius 1 is 1.09 bits per heavy atom. The third-order valence-corrected chi connectivity index (χ3v) is 6.15. The molecule has 6 atom stereocenters. The molecule has 0 aromatic heterocycles. The highest BCUT2D eigenvalue weighted by atomic mass is 16.2. The highest BCUT2D eigenvalue weighted by Gasteiger charge is 2.66. The van der Waals surface area contributed by atoms with Gasteiger partial charge in [0.15, 0.2) is 0 Å². The Hall–Kier alpha value is -2.41. The summed E-state index contributed by atoms with van der Waals surface area (Å²) in [7, 11) is 0. The average Bonchev–Trinajstić information content (AvgIpc) is 3.36. The molecule has 2 bridgehead atoms. The second-order valence-corrected chi connectivity index (χ2v) is 7.23. The van der Waals surface area contributed by atoms with Crippen molar-refractivity contribution in [1.82, 2.24) is 4.90 Å². The molecule has 4 aliphatic carbocycles. The summed E-state index contributed by atoms with van der Waals surface area (Å²) in [6, 6.07) is 9.26. The lowest BCUT2D eigenvalue weighted by molar-refractivity contribution is -0.140. The largest absolute Gasteiger partial charge is 0.278 e. The maximum absolute atomic E-state index is 12.9. The number of hydrogen-bond acceptors (Lipinski definition) is 3. The van der Waals surface area contributed by atoms with Crippen LogP contribution in [-0.2, 0) is 16.1 Å². The van der Waals surface area contributed by atoms with Crippen molar-refractivity contribution in [3.8, 4) is 6.07 Å². The van der Waals surface area contributed by atoms with Crippen LogP contribution < -0.4 is 0 Å². The first-order valence-corrected chi connectivity index (χ1v) is 8.21. The summed E-state index contributed by atoms with van der Waals surface area (Å²) in [5.41, 5.74) is 1.40. The fourth-order valence-electron chi connectivity index (χ4n) is 5.10. The van der Waals surface area contributed by atoms with Gasteiger partial charge in [0, 0.05) is 0 Å². The molecule has 0 N–H and O–H groups in total. The van der Waals surface area contributed by atoms with Crippen molar-refractivity contribution in [2.75, 3.05) is 0 Å². The summed E-state index contributed by atoms with van der Waals surface area (Å²) in [5, 5.41) is 9.00. The maximum atomic E-state index is 12.9. The first-order valence-electron chi connectivity index (χ1n) is 8.21. The fraction of sp³-hybridized carbons (Fsp3) is 0.421. The third kappa shape index (κ3) is 1.65.